The van der Waals surface area contributed by atoms with E-state index >= 15 is 0 Å². The van der Waals surface area contributed by atoms with Crippen LogP contribution < -0.4 is 5.73 Å². The molecule has 21 heavy (non-hydrogen) atoms. The van der Waals surface area contributed by atoms with Gasteiger partial charge in [0.1, 0.15) is 0 Å². The summed E-state index contributed by atoms with van der Waals surface area (Å²) < 4.78 is 10.2. The third-order valence-electron chi connectivity index (χ3n) is 3.25. The van der Waals surface area contributed by atoms with Crippen molar-refractivity contribution in [3.63, 3.8) is 0 Å². The Bertz CT molecular complexity index is 779. The zero-order valence-corrected chi connectivity index (χ0v) is 11.3. The number of esters is 1. The van der Waals surface area contributed by atoms with Crippen LogP contribution in [0, 0.1) is 0 Å². The number of rotatable bonds is 2. The number of hydrogen-bond donors (Lipinski definition) is 1. The number of carbonyl (C=O) groups is 2. The topological polar surface area (TPSA) is 78.6 Å². The second-order valence-corrected chi connectivity index (χ2v) is 4.76. The van der Waals surface area contributed by atoms with Gasteiger partial charge in [-0.2, -0.15) is 0 Å². The monoisotopic (exact) mass is 283 g/mol. The summed E-state index contributed by atoms with van der Waals surface area (Å²) in [6.45, 7) is 1.21. The maximum absolute atomic E-state index is 12.2. The van der Waals surface area contributed by atoms with Gasteiger partial charge in [-0.25, -0.2) is 0 Å². The molecule has 106 valence electrons. The van der Waals surface area contributed by atoms with Crippen LogP contribution in [0.15, 0.2) is 54.1 Å². The minimum atomic E-state index is -0.871. The molecule has 0 aliphatic carbocycles. The molecule has 1 aliphatic heterocycles. The maximum Gasteiger partial charge on any atom is 0.308 e. The van der Waals surface area contributed by atoms with E-state index in [2.05, 4.69) is 0 Å². The molecule has 5 nitrogen and oxygen atoms in total. The van der Waals surface area contributed by atoms with Gasteiger partial charge in [0.15, 0.2) is 6.10 Å². The average molecular weight is 283 g/mol. The minimum absolute atomic E-state index is 0.159. The predicted octanol–water partition coefficient (Wildman–Crippen LogP) is 2.17. The van der Waals surface area contributed by atoms with E-state index in [0.717, 1.165) is 10.8 Å². The second-order valence-electron chi connectivity index (χ2n) is 4.76. The Kier molecular flexibility index (Phi) is 3.10. The van der Waals surface area contributed by atoms with Gasteiger partial charge in [0, 0.05) is 12.5 Å². The van der Waals surface area contributed by atoms with Crippen LogP contribution in [0.1, 0.15) is 18.6 Å². The summed E-state index contributed by atoms with van der Waals surface area (Å²) in [7, 11) is 0. The quantitative estimate of drug-likeness (QED) is 0.854. The summed E-state index contributed by atoms with van der Waals surface area (Å²) in [6, 6.07) is 13.4. The molecule has 1 unspecified atom stereocenters. The molecule has 5 heteroatoms. The summed E-state index contributed by atoms with van der Waals surface area (Å²) in [6.07, 6.45) is -0.871. The first-order valence-electron chi connectivity index (χ1n) is 6.44. The van der Waals surface area contributed by atoms with Crippen molar-refractivity contribution < 1.29 is 19.1 Å². The van der Waals surface area contributed by atoms with Gasteiger partial charge in [0.25, 0.3) is 0 Å². The number of ether oxygens (including phenoxy) is 2. The van der Waals surface area contributed by atoms with Crippen LogP contribution in [-0.2, 0) is 19.1 Å². The van der Waals surface area contributed by atoms with Gasteiger partial charge in [-0.05, 0) is 16.8 Å². The number of fused-ring (bicyclic) bond motifs is 1. The molecule has 0 fully saturated rings. The average Bonchev–Trinajstić information content (AvgIpc) is 2.74. The lowest BCUT2D eigenvalue weighted by molar-refractivity contribution is -0.140. The fourth-order valence-electron chi connectivity index (χ4n) is 2.31. The van der Waals surface area contributed by atoms with E-state index in [1.165, 1.54) is 6.92 Å². The van der Waals surface area contributed by atoms with E-state index < -0.39 is 17.9 Å². The Hall–Kier alpha value is -2.82. The molecule has 1 atom stereocenters. The van der Waals surface area contributed by atoms with Gasteiger partial charge >= 0.3 is 5.97 Å². The number of Topliss-reactive ketones (excluding diaryl/α,β-unsaturated/α-hetero) is 1. The van der Waals surface area contributed by atoms with Gasteiger partial charge in [-0.3, -0.25) is 9.59 Å². The van der Waals surface area contributed by atoms with E-state index in [1.54, 1.807) is 6.07 Å². The lowest BCUT2D eigenvalue weighted by Gasteiger charge is -2.10. The molecule has 2 aromatic rings. The third kappa shape index (κ3) is 2.33. The molecular formula is C16H13NO4. The normalized spacial score (nSPS) is 18.0. The summed E-state index contributed by atoms with van der Waals surface area (Å²) >= 11 is 0. The zero-order chi connectivity index (χ0) is 15.0. The Morgan fingerprint density at radius 2 is 1.90 bits per heavy atom. The fraction of sp³-hybridized carbons (Fsp3) is 0.125. The van der Waals surface area contributed by atoms with E-state index in [-0.39, 0.29) is 11.6 Å². The first-order chi connectivity index (χ1) is 10.1. The van der Waals surface area contributed by atoms with Crippen molar-refractivity contribution in [1.82, 2.24) is 0 Å². The molecule has 2 aromatic carbocycles. The zero-order valence-electron chi connectivity index (χ0n) is 11.3. The highest BCUT2D eigenvalue weighted by molar-refractivity contribution is 6.02. The second kappa shape index (κ2) is 4.94. The summed E-state index contributed by atoms with van der Waals surface area (Å²) in [4.78, 5) is 23.2. The smallest absolute Gasteiger partial charge is 0.308 e. The van der Waals surface area contributed by atoms with Gasteiger partial charge in [-0.1, -0.05) is 36.4 Å². The first kappa shape index (κ1) is 13.2. The van der Waals surface area contributed by atoms with Crippen molar-refractivity contribution in [2.24, 2.45) is 5.73 Å². The van der Waals surface area contributed by atoms with Crippen LogP contribution >= 0.6 is 0 Å². The number of benzene rings is 2. The predicted molar refractivity (Wildman–Crippen MR) is 75.8 cm³/mol. The van der Waals surface area contributed by atoms with E-state index in [1.807, 2.05) is 36.4 Å². The van der Waals surface area contributed by atoms with Gasteiger partial charge in [-0.15, -0.1) is 0 Å². The number of ketones is 1. The molecule has 3 rings (SSSR count). The van der Waals surface area contributed by atoms with Crippen LogP contribution in [0.2, 0.25) is 0 Å². The molecular weight excluding hydrogens is 270 g/mol. The molecule has 0 amide bonds. The summed E-state index contributed by atoms with van der Waals surface area (Å²) in [5.41, 5.74) is 6.29. The van der Waals surface area contributed by atoms with Crippen molar-refractivity contribution in [3.05, 3.63) is 59.7 Å². The highest BCUT2D eigenvalue weighted by atomic mass is 16.6. The molecule has 0 spiro atoms. The van der Waals surface area contributed by atoms with Gasteiger partial charge < -0.3 is 15.2 Å². The number of nitrogens with two attached hydrogens (primary N) is 1. The standard InChI is InChI=1S/C16H13NO4/c1-9(18)20-15-13(19)14(21-16(15)17)12-7-6-10-4-2-3-5-11(10)8-12/h2-8,14H,17H2,1H3. The Morgan fingerprint density at radius 3 is 2.62 bits per heavy atom. The SMILES string of the molecule is CC(=O)OC1=C(N)OC(c2ccc3ccccc3c2)C1=O. The van der Waals surface area contributed by atoms with Crippen LogP contribution in [0.3, 0.4) is 0 Å². The largest absolute Gasteiger partial charge is 0.460 e. The van der Waals surface area contributed by atoms with Crippen molar-refractivity contribution in [3.8, 4) is 0 Å². The van der Waals surface area contributed by atoms with E-state index in [0.29, 0.717) is 5.56 Å². The Labute approximate surface area is 120 Å². The molecule has 0 saturated heterocycles. The number of hydrogen-bond acceptors (Lipinski definition) is 5. The molecule has 0 saturated carbocycles. The molecule has 0 aromatic heterocycles. The molecule has 1 heterocycles. The summed E-state index contributed by atoms with van der Waals surface area (Å²) in [5, 5.41) is 2.05. The third-order valence-corrected chi connectivity index (χ3v) is 3.25. The van der Waals surface area contributed by atoms with E-state index in [4.69, 9.17) is 15.2 Å². The molecule has 1 aliphatic rings. The van der Waals surface area contributed by atoms with Crippen LogP contribution in [0.5, 0.6) is 0 Å². The Morgan fingerprint density at radius 1 is 1.19 bits per heavy atom. The van der Waals surface area contributed by atoms with Crippen LogP contribution in [0.25, 0.3) is 10.8 Å². The van der Waals surface area contributed by atoms with Crippen molar-refractivity contribution in [2.45, 2.75) is 13.0 Å². The molecule has 0 bridgehead atoms. The fourth-order valence-corrected chi connectivity index (χ4v) is 2.31. The molecule has 0 radical (unpaired) electrons. The van der Waals surface area contributed by atoms with Crippen molar-refractivity contribution in [2.75, 3.05) is 0 Å². The van der Waals surface area contributed by atoms with Crippen LogP contribution in [-0.4, -0.2) is 11.8 Å². The lowest BCUT2D eigenvalue weighted by atomic mass is 10.0. The summed E-state index contributed by atoms with van der Waals surface area (Å²) in [5.74, 6) is -1.43. The minimum Gasteiger partial charge on any atom is -0.460 e. The highest BCUT2D eigenvalue weighted by Gasteiger charge is 2.37. The highest BCUT2D eigenvalue weighted by Crippen LogP contribution is 2.32. The molecule has 2 N–H and O–H groups in total. The van der Waals surface area contributed by atoms with Crippen molar-refractivity contribution in [1.29, 1.82) is 0 Å². The first-order valence-corrected chi connectivity index (χ1v) is 6.44. The number of carbonyl (C=O) groups excluding carboxylic acids is 2. The van der Waals surface area contributed by atoms with Crippen molar-refractivity contribution >= 4 is 22.5 Å². The van der Waals surface area contributed by atoms with Gasteiger partial charge in [0.05, 0.1) is 0 Å². The maximum atomic E-state index is 12.2. The van der Waals surface area contributed by atoms with Crippen LogP contribution in [0.4, 0.5) is 0 Å². The lowest BCUT2D eigenvalue weighted by Crippen LogP contribution is -2.13. The van der Waals surface area contributed by atoms with E-state index in [9.17, 15) is 9.59 Å². The van der Waals surface area contributed by atoms with Gasteiger partial charge in [0.2, 0.25) is 17.4 Å². The Balaban J connectivity index is 1.94.